The molecule has 0 aromatic carbocycles. The Labute approximate surface area is 119 Å². The highest BCUT2D eigenvalue weighted by Crippen LogP contribution is 2.37. The number of nitrogens with zero attached hydrogens (tertiary/aromatic N) is 1. The van der Waals surface area contributed by atoms with Gasteiger partial charge in [0.25, 0.3) is 5.91 Å². The SMILES string of the molecule is C=C1NC(=O)C=CN1[C@@H]1O[C@H](COP(=O)(O)O)[C@@H](O)[C@H]1O. The smallest absolute Gasteiger partial charge is 0.387 e. The minimum atomic E-state index is -4.71. The maximum Gasteiger partial charge on any atom is 0.469 e. The molecular weight excluding hydrogens is 307 g/mol. The minimum absolute atomic E-state index is 0.135. The van der Waals surface area contributed by atoms with E-state index in [0.29, 0.717) is 0 Å². The van der Waals surface area contributed by atoms with Gasteiger partial charge in [-0.15, -0.1) is 0 Å². The lowest BCUT2D eigenvalue weighted by Crippen LogP contribution is -2.46. The van der Waals surface area contributed by atoms with E-state index < -0.39 is 44.9 Å². The second-order valence-corrected chi connectivity index (χ2v) is 5.73. The standard InChI is InChI=1S/C10H15N2O8P/c1-5-11-7(13)2-3-12(5)10-9(15)8(14)6(20-10)4-19-21(16,17)18/h2-3,6,8-10,14-15H,1,4H2,(H,11,13)(H2,16,17,18)/t6-,8-,9-,10-/m1/s1. The van der Waals surface area contributed by atoms with Crippen LogP contribution in [0.2, 0.25) is 0 Å². The third-order valence-electron chi connectivity index (χ3n) is 2.98. The van der Waals surface area contributed by atoms with Crippen molar-refractivity contribution >= 4 is 13.7 Å². The maximum atomic E-state index is 11.1. The number of nitrogens with one attached hydrogen (secondary N) is 1. The van der Waals surface area contributed by atoms with Gasteiger partial charge in [-0.2, -0.15) is 0 Å². The van der Waals surface area contributed by atoms with E-state index in [2.05, 4.69) is 16.4 Å². The molecule has 2 aliphatic heterocycles. The summed E-state index contributed by atoms with van der Waals surface area (Å²) in [5.74, 6) is -0.263. The van der Waals surface area contributed by atoms with Gasteiger partial charge >= 0.3 is 7.82 Å². The molecule has 5 N–H and O–H groups in total. The number of hydrogen-bond acceptors (Lipinski definition) is 7. The molecule has 2 rings (SSSR count). The molecule has 2 heterocycles. The van der Waals surface area contributed by atoms with Crippen molar-refractivity contribution in [3.63, 3.8) is 0 Å². The number of carbonyl (C=O) groups is 1. The predicted molar refractivity (Wildman–Crippen MR) is 66.9 cm³/mol. The van der Waals surface area contributed by atoms with Crippen LogP contribution in [0.3, 0.4) is 0 Å². The van der Waals surface area contributed by atoms with E-state index in [9.17, 15) is 19.6 Å². The zero-order valence-electron chi connectivity index (χ0n) is 10.7. The molecule has 2 aliphatic rings. The van der Waals surface area contributed by atoms with Gasteiger partial charge in [0.05, 0.1) is 6.61 Å². The van der Waals surface area contributed by atoms with Crippen molar-refractivity contribution in [3.05, 3.63) is 24.7 Å². The Morgan fingerprint density at radius 3 is 2.67 bits per heavy atom. The van der Waals surface area contributed by atoms with Crippen molar-refractivity contribution in [2.75, 3.05) is 6.61 Å². The Morgan fingerprint density at radius 2 is 2.10 bits per heavy atom. The Balaban J connectivity index is 2.06. The van der Waals surface area contributed by atoms with Crippen molar-refractivity contribution in [3.8, 4) is 0 Å². The number of hydrogen-bond donors (Lipinski definition) is 5. The molecule has 11 heteroatoms. The van der Waals surface area contributed by atoms with Crippen LogP contribution in [0.25, 0.3) is 0 Å². The summed E-state index contributed by atoms with van der Waals surface area (Å²) in [5, 5.41) is 22.1. The number of phosphoric acid groups is 1. The monoisotopic (exact) mass is 322 g/mol. The fraction of sp³-hybridized carbons (Fsp3) is 0.500. The first-order valence-corrected chi connectivity index (χ1v) is 7.40. The number of phosphoric ester groups is 1. The Bertz CT molecular complexity index is 517. The van der Waals surface area contributed by atoms with Crippen LogP contribution in [0.5, 0.6) is 0 Å². The molecule has 0 saturated carbocycles. The first kappa shape index (κ1) is 16.1. The molecule has 0 unspecified atom stereocenters. The molecule has 0 radical (unpaired) electrons. The Morgan fingerprint density at radius 1 is 1.43 bits per heavy atom. The summed E-state index contributed by atoms with van der Waals surface area (Å²) in [5.41, 5.74) is 0. The summed E-state index contributed by atoms with van der Waals surface area (Å²) in [4.78, 5) is 29.6. The summed E-state index contributed by atoms with van der Waals surface area (Å²) in [6.07, 6.45) is -2.52. The van der Waals surface area contributed by atoms with Crippen molar-refractivity contribution in [2.45, 2.75) is 24.5 Å². The number of amides is 1. The van der Waals surface area contributed by atoms with Crippen molar-refractivity contribution in [2.24, 2.45) is 0 Å². The molecule has 0 spiro atoms. The first-order chi connectivity index (χ1) is 9.69. The van der Waals surface area contributed by atoms with Gasteiger partial charge < -0.3 is 35.0 Å². The summed E-state index contributed by atoms with van der Waals surface area (Å²) < 4.78 is 20.2. The second-order valence-electron chi connectivity index (χ2n) is 4.49. The molecule has 10 nitrogen and oxygen atoms in total. The van der Waals surface area contributed by atoms with Gasteiger partial charge in [0, 0.05) is 12.3 Å². The van der Waals surface area contributed by atoms with Crippen molar-refractivity contribution in [1.82, 2.24) is 10.2 Å². The molecule has 1 fully saturated rings. The lowest BCUT2D eigenvalue weighted by atomic mass is 10.1. The number of ether oxygens (including phenoxy) is 1. The quantitative estimate of drug-likeness (QED) is 0.369. The fourth-order valence-electron chi connectivity index (χ4n) is 1.99. The summed E-state index contributed by atoms with van der Waals surface area (Å²) in [6.45, 7) is 2.97. The highest BCUT2D eigenvalue weighted by molar-refractivity contribution is 7.46. The second kappa shape index (κ2) is 5.85. The van der Waals surface area contributed by atoms with Crippen LogP contribution in [0, 0.1) is 0 Å². The summed E-state index contributed by atoms with van der Waals surface area (Å²) in [7, 11) is -4.71. The van der Waals surface area contributed by atoms with Gasteiger partial charge in [-0.1, -0.05) is 6.58 Å². The van der Waals surface area contributed by atoms with Crippen LogP contribution in [0.1, 0.15) is 0 Å². The predicted octanol–water partition coefficient (Wildman–Crippen LogP) is -2.04. The average Bonchev–Trinajstić information content (AvgIpc) is 2.64. The molecule has 0 aliphatic carbocycles. The van der Waals surface area contributed by atoms with E-state index in [-0.39, 0.29) is 5.82 Å². The summed E-state index contributed by atoms with van der Waals surface area (Å²) >= 11 is 0. The Kier molecular flexibility index (Phi) is 4.49. The summed E-state index contributed by atoms with van der Waals surface area (Å²) in [6, 6.07) is 0. The molecule has 1 saturated heterocycles. The molecule has 4 atom stereocenters. The maximum absolute atomic E-state index is 11.1. The number of rotatable bonds is 4. The van der Waals surface area contributed by atoms with Gasteiger partial charge in [-0.05, 0) is 0 Å². The lowest BCUT2D eigenvalue weighted by Gasteiger charge is -2.32. The Hall–Kier alpha value is -1.26. The van der Waals surface area contributed by atoms with Gasteiger partial charge in [-0.25, -0.2) is 4.57 Å². The molecule has 21 heavy (non-hydrogen) atoms. The number of aliphatic hydroxyl groups excluding tert-OH is 2. The topological polar surface area (TPSA) is 149 Å². The van der Waals surface area contributed by atoms with E-state index in [4.69, 9.17) is 14.5 Å². The normalized spacial score (nSPS) is 33.4. The van der Waals surface area contributed by atoms with Crippen LogP contribution >= 0.6 is 7.82 Å². The first-order valence-electron chi connectivity index (χ1n) is 5.87. The van der Waals surface area contributed by atoms with Crippen molar-refractivity contribution in [1.29, 1.82) is 0 Å². The van der Waals surface area contributed by atoms with E-state index in [0.717, 1.165) is 0 Å². The van der Waals surface area contributed by atoms with Crippen LogP contribution in [0.15, 0.2) is 24.7 Å². The number of aliphatic hydroxyl groups is 2. The molecule has 1 amide bonds. The van der Waals surface area contributed by atoms with Crippen LogP contribution in [-0.2, 0) is 18.6 Å². The lowest BCUT2D eigenvalue weighted by molar-refractivity contribution is -0.118. The van der Waals surface area contributed by atoms with Gasteiger partial charge in [0.15, 0.2) is 6.23 Å². The van der Waals surface area contributed by atoms with Crippen LogP contribution in [0.4, 0.5) is 0 Å². The van der Waals surface area contributed by atoms with Gasteiger partial charge in [0.2, 0.25) is 0 Å². The third-order valence-corrected chi connectivity index (χ3v) is 3.47. The molecule has 118 valence electrons. The largest absolute Gasteiger partial charge is 0.469 e. The van der Waals surface area contributed by atoms with Crippen LogP contribution in [-0.4, -0.2) is 62.0 Å². The van der Waals surface area contributed by atoms with E-state index in [1.807, 2.05) is 0 Å². The van der Waals surface area contributed by atoms with Gasteiger partial charge in [-0.3, -0.25) is 9.32 Å². The highest BCUT2D eigenvalue weighted by Gasteiger charge is 2.46. The third kappa shape index (κ3) is 3.69. The minimum Gasteiger partial charge on any atom is -0.387 e. The van der Waals surface area contributed by atoms with Crippen molar-refractivity contribution < 1.29 is 38.6 Å². The van der Waals surface area contributed by atoms with Crippen LogP contribution < -0.4 is 5.32 Å². The molecule has 0 aromatic rings. The molecule has 0 bridgehead atoms. The van der Waals surface area contributed by atoms with E-state index >= 15 is 0 Å². The highest BCUT2D eigenvalue weighted by atomic mass is 31.2. The zero-order chi connectivity index (χ0) is 15.8. The molecule has 0 aromatic heterocycles. The van der Waals surface area contributed by atoms with E-state index in [1.54, 1.807) is 0 Å². The van der Waals surface area contributed by atoms with Gasteiger partial charge in [0.1, 0.15) is 24.1 Å². The zero-order valence-corrected chi connectivity index (χ0v) is 11.6. The van der Waals surface area contributed by atoms with E-state index in [1.165, 1.54) is 17.2 Å². The fourth-order valence-corrected chi connectivity index (χ4v) is 2.33. The molecular formula is C10H15N2O8P. The average molecular weight is 322 g/mol. The number of carbonyl (C=O) groups excluding carboxylic acids is 1.